The van der Waals surface area contributed by atoms with Gasteiger partial charge in [-0.05, 0) is 86.5 Å². The molecule has 0 aliphatic heterocycles. The highest BCUT2D eigenvalue weighted by atomic mass is 16.6. The molecule has 4 aliphatic rings. The van der Waals surface area contributed by atoms with Gasteiger partial charge in [-0.3, -0.25) is 14.4 Å². The van der Waals surface area contributed by atoms with Crippen molar-refractivity contribution < 1.29 is 39.3 Å². The molecule has 11 nitrogen and oxygen atoms in total. The van der Waals surface area contributed by atoms with E-state index in [1.807, 2.05) is 0 Å². The van der Waals surface area contributed by atoms with Gasteiger partial charge in [-0.2, -0.15) is 0 Å². The summed E-state index contributed by atoms with van der Waals surface area (Å²) in [5.74, 6) is -0.430. The highest BCUT2D eigenvalue weighted by Crippen LogP contribution is 2.67. The van der Waals surface area contributed by atoms with Crippen LogP contribution in [0, 0.1) is 46.8 Å². The average molecular weight is 600 g/mol. The Labute approximate surface area is 252 Å². The highest BCUT2D eigenvalue weighted by molar-refractivity contribution is 5.96. The van der Waals surface area contributed by atoms with Gasteiger partial charge in [-0.25, -0.2) is 4.79 Å². The van der Waals surface area contributed by atoms with Gasteiger partial charge >= 0.3 is 11.9 Å². The van der Waals surface area contributed by atoms with Crippen molar-refractivity contribution in [3.63, 3.8) is 0 Å². The number of carbonyl (C=O) groups is 4. The maximum Gasteiger partial charge on any atom is 0.326 e. The first-order valence-electron chi connectivity index (χ1n) is 15.3. The summed E-state index contributed by atoms with van der Waals surface area (Å²) < 4.78 is 0. The molecule has 8 atom stereocenters. The van der Waals surface area contributed by atoms with Crippen molar-refractivity contribution in [3.8, 4) is 12.3 Å². The van der Waals surface area contributed by atoms with Gasteiger partial charge in [0.15, 0.2) is 6.61 Å². The number of fused-ring (bicyclic) bond motifs is 5. The number of aliphatic carboxylic acids is 2. The smallest absolute Gasteiger partial charge is 0.326 e. The van der Waals surface area contributed by atoms with Crippen molar-refractivity contribution in [1.29, 1.82) is 0 Å². The minimum atomic E-state index is -1.62. The molecule has 0 heterocycles. The van der Waals surface area contributed by atoms with Crippen LogP contribution in [0.5, 0.6) is 0 Å². The van der Waals surface area contributed by atoms with Gasteiger partial charge in [-0.15, -0.1) is 6.42 Å². The van der Waals surface area contributed by atoms with Crippen LogP contribution in [0.1, 0.15) is 85.5 Å². The third-order valence-electron chi connectivity index (χ3n) is 11.0. The van der Waals surface area contributed by atoms with E-state index in [0.29, 0.717) is 30.6 Å². The minimum absolute atomic E-state index is 0.0454. The van der Waals surface area contributed by atoms with Crippen LogP contribution in [-0.2, 0) is 24.0 Å². The van der Waals surface area contributed by atoms with Crippen LogP contribution in [0.25, 0.3) is 0 Å². The summed E-state index contributed by atoms with van der Waals surface area (Å²) in [6, 6.07) is -2.70. The third-order valence-corrected chi connectivity index (χ3v) is 11.0. The molecule has 0 saturated heterocycles. The van der Waals surface area contributed by atoms with Gasteiger partial charge in [0, 0.05) is 5.41 Å². The average Bonchev–Trinajstić information content (AvgIpc) is 3.21. The van der Waals surface area contributed by atoms with E-state index in [0.717, 1.165) is 44.2 Å². The summed E-state index contributed by atoms with van der Waals surface area (Å²) in [6.45, 7) is 7.46. The molecule has 0 aromatic heterocycles. The summed E-state index contributed by atoms with van der Waals surface area (Å²) >= 11 is 0. The summed E-state index contributed by atoms with van der Waals surface area (Å²) in [5.41, 5.74) is 0.909. The molecule has 0 spiro atoms. The van der Waals surface area contributed by atoms with E-state index in [1.165, 1.54) is 5.57 Å². The Morgan fingerprint density at radius 2 is 1.77 bits per heavy atom. The lowest BCUT2D eigenvalue weighted by molar-refractivity contribution is -0.147. The van der Waals surface area contributed by atoms with Crippen molar-refractivity contribution in [1.82, 2.24) is 10.6 Å². The zero-order valence-corrected chi connectivity index (χ0v) is 25.5. The second-order valence-electron chi connectivity index (χ2n) is 13.6. The fraction of sp³-hybridized carbons (Fsp3) is 0.719. The number of rotatable bonds is 10. The maximum absolute atomic E-state index is 12.6. The van der Waals surface area contributed by atoms with Crippen LogP contribution in [0.15, 0.2) is 16.8 Å². The fourth-order valence-corrected chi connectivity index (χ4v) is 8.46. The first-order valence-corrected chi connectivity index (χ1v) is 15.3. The molecule has 0 radical (unpaired) electrons. The minimum Gasteiger partial charge on any atom is -0.481 e. The number of carbonyl (C=O) groups excluding carboxylic acids is 2. The summed E-state index contributed by atoms with van der Waals surface area (Å²) in [4.78, 5) is 52.9. The number of terminal acetylenes is 1. The molecule has 2 amide bonds. The largest absolute Gasteiger partial charge is 0.481 e. The molecule has 11 heteroatoms. The Balaban J connectivity index is 1.35. The van der Waals surface area contributed by atoms with Crippen LogP contribution in [0.2, 0.25) is 0 Å². The molecular formula is C32H45N3O8. The molecule has 4 aliphatic carbocycles. The number of amides is 2. The summed E-state index contributed by atoms with van der Waals surface area (Å²) in [5, 5.41) is 38.3. The van der Waals surface area contributed by atoms with Crippen LogP contribution in [-0.4, -0.2) is 69.1 Å². The second-order valence-corrected chi connectivity index (χ2v) is 13.6. The van der Waals surface area contributed by atoms with Crippen LogP contribution in [0.3, 0.4) is 0 Å². The van der Waals surface area contributed by atoms with Crippen molar-refractivity contribution in [3.05, 3.63) is 11.6 Å². The molecule has 0 aromatic carbocycles. The molecule has 0 unspecified atom stereocenters. The lowest BCUT2D eigenvalue weighted by Crippen LogP contribution is -2.54. The highest BCUT2D eigenvalue weighted by Gasteiger charge is 2.63. The monoisotopic (exact) mass is 599 g/mol. The number of hydrogen-bond donors (Lipinski definition) is 5. The first-order chi connectivity index (χ1) is 20.1. The van der Waals surface area contributed by atoms with Gasteiger partial charge < -0.3 is 30.8 Å². The van der Waals surface area contributed by atoms with E-state index in [4.69, 9.17) is 16.4 Å². The van der Waals surface area contributed by atoms with Crippen molar-refractivity contribution in [2.75, 3.05) is 6.61 Å². The van der Waals surface area contributed by atoms with Crippen LogP contribution >= 0.6 is 0 Å². The second kappa shape index (κ2) is 12.3. The Morgan fingerprint density at radius 3 is 2.40 bits per heavy atom. The molecule has 5 N–H and O–H groups in total. The van der Waals surface area contributed by atoms with Gasteiger partial charge in [0.1, 0.15) is 17.7 Å². The number of oxime groups is 1. The Kier molecular flexibility index (Phi) is 9.31. The van der Waals surface area contributed by atoms with E-state index in [1.54, 1.807) is 13.8 Å². The number of allylic oxidation sites excluding steroid dienone is 2. The predicted molar refractivity (Wildman–Crippen MR) is 157 cm³/mol. The Hall–Kier alpha value is -3.39. The zero-order chi connectivity index (χ0) is 31.7. The topological polar surface area (TPSA) is 175 Å². The number of nitrogens with zero attached hydrogens (tertiary/aromatic N) is 1. The Bertz CT molecular complexity index is 1250. The molecule has 0 bridgehead atoms. The molecule has 3 saturated carbocycles. The predicted octanol–water partition coefficient (Wildman–Crippen LogP) is 2.87. The molecule has 236 valence electrons. The number of hydrogen-bond acceptors (Lipinski definition) is 7. The van der Waals surface area contributed by atoms with Crippen LogP contribution in [0.4, 0.5) is 0 Å². The quantitative estimate of drug-likeness (QED) is 0.188. The number of carboxylic acids is 2. The lowest BCUT2D eigenvalue weighted by atomic mass is 9.46. The number of carboxylic acid groups (broad SMARTS) is 2. The van der Waals surface area contributed by atoms with Crippen LogP contribution < -0.4 is 10.6 Å². The maximum atomic E-state index is 12.6. The summed E-state index contributed by atoms with van der Waals surface area (Å²) in [6.07, 6.45) is 14.4. The van der Waals surface area contributed by atoms with E-state index in [-0.39, 0.29) is 10.8 Å². The van der Waals surface area contributed by atoms with Gasteiger partial charge in [-0.1, -0.05) is 44.3 Å². The summed E-state index contributed by atoms with van der Waals surface area (Å²) in [7, 11) is 0. The van der Waals surface area contributed by atoms with Gasteiger partial charge in [0.05, 0.1) is 12.1 Å². The third kappa shape index (κ3) is 6.17. The molecule has 3 fully saturated rings. The van der Waals surface area contributed by atoms with Gasteiger partial charge in [0.25, 0.3) is 5.91 Å². The van der Waals surface area contributed by atoms with Crippen molar-refractivity contribution in [2.24, 2.45) is 39.7 Å². The molecular weight excluding hydrogens is 554 g/mol. The Morgan fingerprint density at radius 1 is 1.07 bits per heavy atom. The first kappa shape index (κ1) is 32.5. The molecule has 4 rings (SSSR count). The van der Waals surface area contributed by atoms with E-state index >= 15 is 0 Å². The zero-order valence-electron chi connectivity index (χ0n) is 25.5. The van der Waals surface area contributed by atoms with E-state index in [9.17, 15) is 29.4 Å². The molecule has 43 heavy (non-hydrogen) atoms. The standard InChI is InChI=1S/C32H45N3O8/c1-6-32(42)14-11-23-21-8-7-19-15-20(9-12-30(19,4)22(21)10-13-31(23,32)5)35-43-17-25(36)34-27(18(2)3)28(39)33-24(29(40)41)16-26(37)38/h1,15,18,21-24,27,42H,7-14,16-17H2,2-5H3,(H,33,39)(H,34,36)(H,37,38)(H,40,41)/b35-20+/t21-,22+,23+,24+,27-,30+,31+,32-/m1/s1. The van der Waals surface area contributed by atoms with Gasteiger partial charge in [0.2, 0.25) is 5.91 Å². The normalized spacial score (nSPS) is 35.3. The lowest BCUT2D eigenvalue weighted by Gasteiger charge is -2.58. The SMILES string of the molecule is C#C[C@@]1(O)CC[C@H]2[C@@H]3CCC4=C/C(=N/OCC(=O)N[C@@H](C(=O)N[C@@H](CC(=O)O)C(=O)O)C(C)C)CC[C@]4(C)[C@H]3CC[C@@]21C. The van der Waals surface area contributed by atoms with Crippen molar-refractivity contribution >= 4 is 29.5 Å². The number of nitrogens with one attached hydrogen (secondary N) is 2. The number of aliphatic hydroxyl groups is 1. The van der Waals surface area contributed by atoms with Crippen molar-refractivity contribution in [2.45, 2.75) is 103 Å². The molecule has 0 aromatic rings. The fourth-order valence-electron chi connectivity index (χ4n) is 8.46. The van der Waals surface area contributed by atoms with E-state index in [2.05, 4.69) is 41.6 Å². The van der Waals surface area contributed by atoms with E-state index < -0.39 is 60.4 Å².